The van der Waals surface area contributed by atoms with E-state index in [0.717, 1.165) is 17.0 Å². The van der Waals surface area contributed by atoms with E-state index < -0.39 is 22.0 Å². The Hall–Kier alpha value is -1.62. The van der Waals surface area contributed by atoms with Gasteiger partial charge in [0.1, 0.15) is 10.3 Å². The predicted molar refractivity (Wildman–Crippen MR) is 108 cm³/mol. The highest BCUT2D eigenvalue weighted by molar-refractivity contribution is 7.91. The summed E-state index contributed by atoms with van der Waals surface area (Å²) in [6, 6.07) is 2.47. The van der Waals surface area contributed by atoms with Crippen molar-refractivity contribution in [2.45, 2.75) is 49.8 Å². The number of Topliss-reactive ketones (excluding diaryl/α,β-unsaturated/α-hetero) is 1. The largest absolute Gasteiger partial charge is 0.301 e. The first-order chi connectivity index (χ1) is 13.2. The molecule has 150 valence electrons. The summed E-state index contributed by atoms with van der Waals surface area (Å²) in [5, 5.41) is 4.82. The molecule has 0 spiro atoms. The van der Waals surface area contributed by atoms with Crippen LogP contribution in [0.2, 0.25) is 0 Å². The maximum atomic E-state index is 12.8. The molecule has 1 amide bonds. The molecule has 1 aliphatic carbocycles. The Morgan fingerprint density at radius 2 is 2.14 bits per heavy atom. The zero-order chi connectivity index (χ0) is 20.1. The summed E-state index contributed by atoms with van der Waals surface area (Å²) in [6.45, 7) is 4.37. The maximum absolute atomic E-state index is 12.8. The van der Waals surface area contributed by atoms with Crippen LogP contribution in [0.3, 0.4) is 0 Å². The molecule has 2 aromatic rings. The van der Waals surface area contributed by atoms with Crippen LogP contribution in [0.4, 0.5) is 5.13 Å². The molecule has 10 heteroatoms. The molecule has 4 rings (SSSR count). The lowest BCUT2D eigenvalue weighted by Gasteiger charge is -2.26. The second-order valence-electron chi connectivity index (χ2n) is 7.93. The number of thiazole rings is 1. The van der Waals surface area contributed by atoms with Crippen LogP contribution in [0.15, 0.2) is 21.7 Å². The van der Waals surface area contributed by atoms with E-state index in [2.05, 4.69) is 10.3 Å². The average Bonchev–Trinajstić information content (AvgIpc) is 3.34. The molecule has 2 aromatic heterocycles. The fraction of sp³-hybridized carbons (Fsp3) is 0.500. The van der Waals surface area contributed by atoms with Gasteiger partial charge in [0.15, 0.2) is 10.9 Å². The maximum Gasteiger partial charge on any atom is 0.253 e. The van der Waals surface area contributed by atoms with Gasteiger partial charge in [0.05, 0.1) is 10.6 Å². The number of nitrogens with one attached hydrogen (secondary N) is 1. The average molecular weight is 440 g/mol. The molecule has 0 saturated carbocycles. The summed E-state index contributed by atoms with van der Waals surface area (Å²) in [5.41, 5.74) is 0.576. The van der Waals surface area contributed by atoms with Crippen molar-refractivity contribution >= 4 is 49.5 Å². The molecule has 1 N–H and O–H groups in total. The molecule has 3 heterocycles. The van der Waals surface area contributed by atoms with Gasteiger partial charge in [-0.25, -0.2) is 13.4 Å². The number of hydrogen-bond acceptors (Lipinski definition) is 7. The lowest BCUT2D eigenvalue weighted by Crippen LogP contribution is -2.42. The molecule has 0 aromatic carbocycles. The number of anilines is 1. The normalized spacial score (nSPS) is 22.2. The van der Waals surface area contributed by atoms with Gasteiger partial charge in [-0.2, -0.15) is 4.31 Å². The molecule has 7 nitrogen and oxygen atoms in total. The zero-order valence-electron chi connectivity index (χ0n) is 15.6. The van der Waals surface area contributed by atoms with Crippen LogP contribution < -0.4 is 5.32 Å². The summed E-state index contributed by atoms with van der Waals surface area (Å²) in [5.74, 6) is -0.345. The summed E-state index contributed by atoms with van der Waals surface area (Å²) in [4.78, 5) is 30.2. The van der Waals surface area contributed by atoms with Crippen LogP contribution in [0.1, 0.15) is 48.5 Å². The van der Waals surface area contributed by atoms with Crippen molar-refractivity contribution in [2.75, 3.05) is 11.9 Å². The van der Waals surface area contributed by atoms with E-state index in [-0.39, 0.29) is 15.4 Å². The summed E-state index contributed by atoms with van der Waals surface area (Å²) in [7, 11) is -3.69. The van der Waals surface area contributed by atoms with Crippen LogP contribution in [0.25, 0.3) is 0 Å². The van der Waals surface area contributed by atoms with Crippen LogP contribution in [0.5, 0.6) is 0 Å². The number of aromatic nitrogens is 1. The van der Waals surface area contributed by atoms with Gasteiger partial charge in [-0.3, -0.25) is 9.59 Å². The first-order valence-electron chi connectivity index (χ1n) is 9.06. The smallest absolute Gasteiger partial charge is 0.253 e. The van der Waals surface area contributed by atoms with Crippen molar-refractivity contribution in [3.05, 3.63) is 28.1 Å². The topological polar surface area (TPSA) is 96.4 Å². The van der Waals surface area contributed by atoms with Crippen LogP contribution in [-0.2, 0) is 21.2 Å². The van der Waals surface area contributed by atoms with E-state index in [1.807, 2.05) is 13.8 Å². The van der Waals surface area contributed by atoms with E-state index in [1.165, 1.54) is 15.6 Å². The number of sulfonamides is 1. The van der Waals surface area contributed by atoms with Crippen molar-refractivity contribution in [1.29, 1.82) is 0 Å². The number of thiophene rings is 1. The summed E-state index contributed by atoms with van der Waals surface area (Å²) < 4.78 is 27.2. The minimum atomic E-state index is -3.69. The molecule has 1 aliphatic heterocycles. The fourth-order valence-corrected chi connectivity index (χ4v) is 7.48. The van der Waals surface area contributed by atoms with Gasteiger partial charge in [-0.1, -0.05) is 31.3 Å². The second-order valence-corrected chi connectivity index (χ2v) is 12.0. The van der Waals surface area contributed by atoms with Gasteiger partial charge in [0.2, 0.25) is 5.91 Å². The van der Waals surface area contributed by atoms with Crippen LogP contribution >= 0.6 is 22.7 Å². The van der Waals surface area contributed by atoms with E-state index >= 15 is 0 Å². The molecule has 1 saturated heterocycles. The number of nitrogens with zero attached hydrogens (tertiary/aromatic N) is 2. The second kappa shape index (κ2) is 7.01. The molecule has 2 aliphatic rings. The number of amides is 1. The number of fused-ring (bicyclic) bond motifs is 1. The van der Waals surface area contributed by atoms with Crippen LogP contribution in [0, 0.1) is 5.41 Å². The lowest BCUT2D eigenvalue weighted by molar-refractivity contribution is -0.119. The van der Waals surface area contributed by atoms with Gasteiger partial charge in [0, 0.05) is 13.0 Å². The molecule has 1 unspecified atom stereocenters. The van der Waals surface area contributed by atoms with Crippen LogP contribution in [-0.4, -0.2) is 42.0 Å². The third-order valence-corrected chi connectivity index (χ3v) is 9.37. The van der Waals surface area contributed by atoms with Gasteiger partial charge in [0.25, 0.3) is 10.0 Å². The molecule has 0 bridgehead atoms. The predicted octanol–water partition coefficient (Wildman–Crippen LogP) is 3.15. The molecule has 1 fully saturated rings. The monoisotopic (exact) mass is 439 g/mol. The lowest BCUT2D eigenvalue weighted by atomic mass is 9.78. The Morgan fingerprint density at radius 1 is 1.36 bits per heavy atom. The van der Waals surface area contributed by atoms with Crippen molar-refractivity contribution in [2.24, 2.45) is 5.41 Å². The Bertz CT molecular complexity index is 1020. The molecule has 0 radical (unpaired) electrons. The highest BCUT2D eigenvalue weighted by Gasteiger charge is 2.40. The SMILES string of the molecule is CC1(C)CC(=O)c2sc(NC(=O)C3CCCN3S(=O)(=O)c3cccs3)nc2C1. The minimum absolute atomic E-state index is 0.0482. The number of carbonyl (C=O) groups excluding carboxylic acids is 2. The zero-order valence-corrected chi connectivity index (χ0v) is 18.0. The summed E-state index contributed by atoms with van der Waals surface area (Å²) in [6.07, 6.45) is 2.24. The third kappa shape index (κ3) is 3.54. The van der Waals surface area contributed by atoms with E-state index in [9.17, 15) is 18.0 Å². The Kier molecular flexibility index (Phi) is 4.93. The van der Waals surface area contributed by atoms with E-state index in [0.29, 0.717) is 42.2 Å². The van der Waals surface area contributed by atoms with E-state index in [4.69, 9.17) is 0 Å². The van der Waals surface area contributed by atoms with E-state index in [1.54, 1.807) is 17.5 Å². The fourth-order valence-electron chi connectivity index (χ4n) is 3.78. The first-order valence-corrected chi connectivity index (χ1v) is 12.2. The van der Waals surface area contributed by atoms with Gasteiger partial charge in [-0.15, -0.1) is 11.3 Å². The van der Waals surface area contributed by atoms with Crippen molar-refractivity contribution in [3.63, 3.8) is 0 Å². The summed E-state index contributed by atoms with van der Waals surface area (Å²) >= 11 is 2.32. The van der Waals surface area contributed by atoms with Crippen molar-refractivity contribution in [3.8, 4) is 0 Å². The first kappa shape index (κ1) is 19.7. The molecular weight excluding hydrogens is 418 g/mol. The number of rotatable bonds is 4. The van der Waals surface area contributed by atoms with Gasteiger partial charge >= 0.3 is 0 Å². The van der Waals surface area contributed by atoms with Gasteiger partial charge < -0.3 is 5.32 Å². The highest BCUT2D eigenvalue weighted by Crippen LogP contribution is 2.38. The highest BCUT2D eigenvalue weighted by atomic mass is 32.2. The Balaban J connectivity index is 1.54. The van der Waals surface area contributed by atoms with Gasteiger partial charge in [-0.05, 0) is 36.1 Å². The number of ketones is 1. The van der Waals surface area contributed by atoms with Crippen molar-refractivity contribution < 1.29 is 18.0 Å². The third-order valence-electron chi connectivity index (χ3n) is 5.03. The number of hydrogen-bond donors (Lipinski definition) is 1. The quantitative estimate of drug-likeness (QED) is 0.789. The number of carbonyl (C=O) groups is 2. The molecule has 28 heavy (non-hydrogen) atoms. The standard InChI is InChI=1S/C18H21N3O4S3/c1-18(2)9-11-15(13(22)10-18)27-17(19-11)20-16(23)12-5-3-7-21(12)28(24,25)14-6-4-8-26-14/h4,6,8,12H,3,5,7,9-10H2,1-2H3,(H,19,20,23). The Labute approximate surface area is 171 Å². The Morgan fingerprint density at radius 3 is 2.86 bits per heavy atom. The molecular formula is C18H21N3O4S3. The molecule has 1 atom stereocenters. The minimum Gasteiger partial charge on any atom is -0.301 e. The van der Waals surface area contributed by atoms with Crippen molar-refractivity contribution in [1.82, 2.24) is 9.29 Å².